The van der Waals surface area contributed by atoms with Gasteiger partial charge in [-0.2, -0.15) is 0 Å². The van der Waals surface area contributed by atoms with Crippen molar-refractivity contribution < 1.29 is 0 Å². The Bertz CT molecular complexity index is 530. The summed E-state index contributed by atoms with van der Waals surface area (Å²) < 4.78 is 0. The first-order valence-corrected chi connectivity index (χ1v) is 8.06. The molecule has 0 saturated heterocycles. The molecule has 1 atom stereocenters. The molecule has 4 N–H and O–H groups in total. The molecule has 0 bridgehead atoms. The minimum Gasteiger partial charge on any atom is -0.329 e. The van der Waals surface area contributed by atoms with Gasteiger partial charge in [-0.15, -0.1) is 0 Å². The highest BCUT2D eigenvalue weighted by Gasteiger charge is 2.45. The van der Waals surface area contributed by atoms with Crippen LogP contribution in [0.1, 0.15) is 38.3 Å². The monoisotopic (exact) mass is 296 g/mol. The van der Waals surface area contributed by atoms with Crippen LogP contribution in [0.25, 0.3) is 0 Å². The van der Waals surface area contributed by atoms with Crippen molar-refractivity contribution in [3.8, 4) is 0 Å². The molecule has 0 radical (unpaired) electrons. The molecule has 0 heterocycles. The standard InChI is InChI=1S/C20H28N2/c1-4-18(19(2,3)22)20(15-21,16-11-7-5-8-12-16)17-13-9-6-10-14-17/h5-14,18H,4,15,21-22H2,1-3H3. The van der Waals surface area contributed by atoms with Crippen molar-refractivity contribution in [2.75, 3.05) is 6.54 Å². The minimum absolute atomic E-state index is 0.245. The topological polar surface area (TPSA) is 52.0 Å². The van der Waals surface area contributed by atoms with Gasteiger partial charge in [0.15, 0.2) is 0 Å². The van der Waals surface area contributed by atoms with Gasteiger partial charge in [-0.05, 0) is 30.9 Å². The summed E-state index contributed by atoms with van der Waals surface area (Å²) in [5.74, 6) is 0.245. The highest BCUT2D eigenvalue weighted by molar-refractivity contribution is 5.42. The normalized spacial score (nSPS) is 13.9. The number of hydrogen-bond acceptors (Lipinski definition) is 2. The summed E-state index contributed by atoms with van der Waals surface area (Å²) in [5.41, 5.74) is 14.9. The van der Waals surface area contributed by atoms with Gasteiger partial charge in [-0.25, -0.2) is 0 Å². The van der Waals surface area contributed by atoms with Crippen LogP contribution >= 0.6 is 0 Å². The first-order chi connectivity index (χ1) is 10.5. The Morgan fingerprint density at radius 3 is 1.55 bits per heavy atom. The molecule has 0 aliphatic heterocycles. The average molecular weight is 296 g/mol. The lowest BCUT2D eigenvalue weighted by atomic mass is 9.59. The van der Waals surface area contributed by atoms with Gasteiger partial charge in [0.2, 0.25) is 0 Å². The van der Waals surface area contributed by atoms with Crippen LogP contribution in [0.3, 0.4) is 0 Å². The lowest BCUT2D eigenvalue weighted by molar-refractivity contribution is 0.204. The first kappa shape index (κ1) is 16.7. The van der Waals surface area contributed by atoms with Crippen LogP contribution in [0.2, 0.25) is 0 Å². The molecule has 0 amide bonds. The first-order valence-electron chi connectivity index (χ1n) is 8.06. The molecule has 0 aliphatic carbocycles. The second-order valence-electron chi connectivity index (χ2n) is 6.69. The zero-order valence-corrected chi connectivity index (χ0v) is 13.9. The summed E-state index contributed by atoms with van der Waals surface area (Å²) in [7, 11) is 0. The summed E-state index contributed by atoms with van der Waals surface area (Å²) in [6, 6.07) is 21.1. The van der Waals surface area contributed by atoms with Crippen LogP contribution < -0.4 is 11.5 Å². The molecule has 22 heavy (non-hydrogen) atoms. The van der Waals surface area contributed by atoms with Gasteiger partial charge in [-0.1, -0.05) is 74.0 Å². The van der Waals surface area contributed by atoms with Gasteiger partial charge in [-0.3, -0.25) is 0 Å². The maximum absolute atomic E-state index is 6.57. The summed E-state index contributed by atoms with van der Waals surface area (Å²) in [5, 5.41) is 0. The van der Waals surface area contributed by atoms with Crippen molar-refractivity contribution >= 4 is 0 Å². The second kappa shape index (κ2) is 6.64. The van der Waals surface area contributed by atoms with Crippen LogP contribution in [-0.4, -0.2) is 12.1 Å². The molecular weight excluding hydrogens is 268 g/mol. The molecule has 118 valence electrons. The molecule has 1 unspecified atom stereocenters. The van der Waals surface area contributed by atoms with E-state index in [1.165, 1.54) is 11.1 Å². The van der Waals surface area contributed by atoms with E-state index in [-0.39, 0.29) is 16.9 Å². The Morgan fingerprint density at radius 2 is 1.27 bits per heavy atom. The van der Waals surface area contributed by atoms with E-state index in [0.717, 1.165) is 6.42 Å². The van der Waals surface area contributed by atoms with E-state index in [9.17, 15) is 0 Å². The van der Waals surface area contributed by atoms with E-state index in [0.29, 0.717) is 6.54 Å². The fraction of sp³-hybridized carbons (Fsp3) is 0.400. The molecular formula is C20H28N2. The maximum atomic E-state index is 6.57. The van der Waals surface area contributed by atoms with Gasteiger partial charge >= 0.3 is 0 Å². The Balaban J connectivity index is 2.73. The highest BCUT2D eigenvalue weighted by atomic mass is 14.8. The number of rotatable bonds is 6. The molecule has 0 spiro atoms. The third kappa shape index (κ3) is 2.94. The summed E-state index contributed by atoms with van der Waals surface area (Å²) in [6.07, 6.45) is 0.977. The van der Waals surface area contributed by atoms with Crippen LogP contribution in [0.15, 0.2) is 60.7 Å². The number of hydrogen-bond donors (Lipinski definition) is 2. The number of nitrogens with two attached hydrogens (primary N) is 2. The van der Waals surface area contributed by atoms with Crippen molar-refractivity contribution in [3.05, 3.63) is 71.8 Å². The molecule has 2 rings (SSSR count). The van der Waals surface area contributed by atoms with Gasteiger partial charge < -0.3 is 11.5 Å². The van der Waals surface area contributed by atoms with Crippen LogP contribution in [-0.2, 0) is 5.41 Å². The van der Waals surface area contributed by atoms with Gasteiger partial charge in [0.25, 0.3) is 0 Å². The lowest BCUT2D eigenvalue weighted by Crippen LogP contribution is -2.55. The van der Waals surface area contributed by atoms with Crippen LogP contribution in [0.4, 0.5) is 0 Å². The zero-order chi connectivity index (χ0) is 16.2. The number of benzene rings is 2. The van der Waals surface area contributed by atoms with E-state index in [2.05, 4.69) is 69.3 Å². The Labute approximate surface area is 134 Å². The van der Waals surface area contributed by atoms with E-state index in [1.807, 2.05) is 12.1 Å². The molecule has 0 aromatic heterocycles. The third-order valence-corrected chi connectivity index (χ3v) is 4.80. The van der Waals surface area contributed by atoms with Crippen LogP contribution in [0.5, 0.6) is 0 Å². The van der Waals surface area contributed by atoms with Crippen molar-refractivity contribution in [2.24, 2.45) is 17.4 Å². The fourth-order valence-corrected chi connectivity index (χ4v) is 3.93. The zero-order valence-electron chi connectivity index (χ0n) is 13.9. The van der Waals surface area contributed by atoms with Crippen molar-refractivity contribution in [3.63, 3.8) is 0 Å². The molecule has 0 saturated carbocycles. The van der Waals surface area contributed by atoms with E-state index < -0.39 is 0 Å². The van der Waals surface area contributed by atoms with Crippen LogP contribution in [0, 0.1) is 5.92 Å². The lowest BCUT2D eigenvalue weighted by Gasteiger charge is -2.47. The van der Waals surface area contributed by atoms with E-state index in [1.54, 1.807) is 0 Å². The predicted molar refractivity (Wildman–Crippen MR) is 94.8 cm³/mol. The second-order valence-corrected chi connectivity index (χ2v) is 6.69. The highest BCUT2D eigenvalue weighted by Crippen LogP contribution is 2.44. The molecule has 2 aromatic rings. The summed E-state index contributed by atoms with van der Waals surface area (Å²) in [4.78, 5) is 0. The fourth-order valence-electron chi connectivity index (χ4n) is 3.93. The Morgan fingerprint density at radius 1 is 0.864 bits per heavy atom. The van der Waals surface area contributed by atoms with Gasteiger partial charge in [0, 0.05) is 17.5 Å². The summed E-state index contributed by atoms with van der Waals surface area (Å²) in [6.45, 7) is 6.96. The quantitative estimate of drug-likeness (QED) is 0.854. The average Bonchev–Trinajstić information content (AvgIpc) is 2.53. The predicted octanol–water partition coefficient (Wildman–Crippen LogP) is 3.69. The Kier molecular flexibility index (Phi) is 5.05. The maximum Gasteiger partial charge on any atom is 0.0370 e. The van der Waals surface area contributed by atoms with Crippen molar-refractivity contribution in [2.45, 2.75) is 38.1 Å². The van der Waals surface area contributed by atoms with Gasteiger partial charge in [0.05, 0.1) is 0 Å². The van der Waals surface area contributed by atoms with Crippen molar-refractivity contribution in [1.29, 1.82) is 0 Å². The smallest absolute Gasteiger partial charge is 0.0370 e. The third-order valence-electron chi connectivity index (χ3n) is 4.80. The molecule has 0 fully saturated rings. The Hall–Kier alpha value is -1.64. The molecule has 2 aromatic carbocycles. The van der Waals surface area contributed by atoms with Crippen molar-refractivity contribution in [1.82, 2.24) is 0 Å². The largest absolute Gasteiger partial charge is 0.329 e. The molecule has 2 nitrogen and oxygen atoms in total. The van der Waals surface area contributed by atoms with Gasteiger partial charge in [0.1, 0.15) is 0 Å². The summed E-state index contributed by atoms with van der Waals surface area (Å²) >= 11 is 0. The van der Waals surface area contributed by atoms with E-state index >= 15 is 0 Å². The molecule has 0 aliphatic rings. The minimum atomic E-state index is -0.320. The molecule has 2 heteroatoms. The SMILES string of the molecule is CCC(C(C)(C)N)C(CN)(c1ccccc1)c1ccccc1. The van der Waals surface area contributed by atoms with E-state index in [4.69, 9.17) is 11.5 Å².